The smallest absolute Gasteiger partial charge is 0.306 e. The van der Waals surface area contributed by atoms with Crippen molar-refractivity contribution in [1.82, 2.24) is 0 Å². The van der Waals surface area contributed by atoms with Crippen LogP contribution in [-0.2, 0) is 14.0 Å². The number of allylic oxidation sites excluding steroid dienone is 1. The monoisotopic (exact) mass is 440 g/mol. The van der Waals surface area contributed by atoms with Crippen LogP contribution >= 0.6 is 0 Å². The average molecular weight is 441 g/mol. The first-order valence-electron chi connectivity index (χ1n) is 12.6. The first-order valence-corrected chi connectivity index (χ1v) is 14.7. The molecule has 0 aromatic heterocycles. The van der Waals surface area contributed by atoms with Crippen LogP contribution in [0.1, 0.15) is 113 Å². The second-order valence-electron chi connectivity index (χ2n) is 10.1. The fourth-order valence-corrected chi connectivity index (χ4v) is 10.2. The zero-order chi connectivity index (χ0) is 23.0. The molecule has 0 fully saturated rings. The van der Waals surface area contributed by atoms with E-state index in [0.29, 0.717) is 35.6 Å². The van der Waals surface area contributed by atoms with Crippen LogP contribution in [0.5, 0.6) is 0 Å². The molecule has 0 heterocycles. The molecule has 0 aliphatic rings. The van der Waals surface area contributed by atoms with Crippen molar-refractivity contribution in [2.75, 3.05) is 13.2 Å². The molecule has 0 rings (SSSR count). The molecule has 0 bridgehead atoms. The van der Waals surface area contributed by atoms with Gasteiger partial charge in [0.1, 0.15) is 6.61 Å². The molecule has 0 unspecified atom stereocenters. The average Bonchev–Trinajstić information content (AvgIpc) is 2.65. The molecule has 0 amide bonds. The summed E-state index contributed by atoms with van der Waals surface area (Å²) < 4.78 is 11.8. The standard InChI is InChI=1S/C26H52O3Si/c1-22(2)18-17-20-28-26(27)19-15-13-11-9-10-12-14-16-21-29-30(23(3)4,24(5)6)25(7)8/h17-18,22-25H,9-16,19-21H2,1-8H3/b18-17+. The van der Waals surface area contributed by atoms with Gasteiger partial charge in [-0.1, -0.05) is 106 Å². The molecule has 178 valence electrons. The summed E-state index contributed by atoms with van der Waals surface area (Å²) in [5, 5.41) is 0. The molecule has 0 aromatic rings. The minimum Gasteiger partial charge on any atom is -0.461 e. The van der Waals surface area contributed by atoms with Crippen LogP contribution in [0.3, 0.4) is 0 Å². The van der Waals surface area contributed by atoms with Gasteiger partial charge in [0.2, 0.25) is 0 Å². The second-order valence-corrected chi connectivity index (χ2v) is 15.6. The lowest BCUT2D eigenvalue weighted by atomic mass is 10.1. The number of esters is 1. The van der Waals surface area contributed by atoms with E-state index in [1.807, 2.05) is 6.08 Å². The summed E-state index contributed by atoms with van der Waals surface area (Å²) >= 11 is 0. The Morgan fingerprint density at radius 2 is 1.20 bits per heavy atom. The topological polar surface area (TPSA) is 35.5 Å². The van der Waals surface area contributed by atoms with Crippen LogP contribution in [-0.4, -0.2) is 27.5 Å². The van der Waals surface area contributed by atoms with Crippen molar-refractivity contribution < 1.29 is 14.0 Å². The molecular formula is C26H52O3Si. The molecule has 3 nitrogen and oxygen atoms in total. The highest BCUT2D eigenvalue weighted by Gasteiger charge is 2.44. The number of hydrogen-bond donors (Lipinski definition) is 0. The van der Waals surface area contributed by atoms with Gasteiger partial charge in [0.25, 0.3) is 0 Å². The van der Waals surface area contributed by atoms with Crippen LogP contribution in [0.4, 0.5) is 0 Å². The maximum absolute atomic E-state index is 11.7. The summed E-state index contributed by atoms with van der Waals surface area (Å²) in [6.45, 7) is 19.7. The maximum Gasteiger partial charge on any atom is 0.306 e. The zero-order valence-corrected chi connectivity index (χ0v) is 22.5. The lowest BCUT2D eigenvalue weighted by Gasteiger charge is -2.42. The Bertz CT molecular complexity index is 433. The third kappa shape index (κ3) is 12.3. The number of unbranched alkanes of at least 4 members (excludes halogenated alkanes) is 7. The quantitative estimate of drug-likeness (QED) is 0.0928. The van der Waals surface area contributed by atoms with E-state index in [4.69, 9.17) is 9.16 Å². The molecule has 0 aliphatic heterocycles. The summed E-state index contributed by atoms with van der Waals surface area (Å²) in [5.74, 6) is 0.443. The molecule has 0 N–H and O–H groups in total. The van der Waals surface area contributed by atoms with Crippen LogP contribution in [0.25, 0.3) is 0 Å². The predicted molar refractivity (Wildman–Crippen MR) is 133 cm³/mol. The molecule has 0 aromatic carbocycles. The lowest BCUT2D eigenvalue weighted by Crippen LogP contribution is -2.47. The Morgan fingerprint density at radius 1 is 0.733 bits per heavy atom. The first kappa shape index (κ1) is 29.4. The Morgan fingerprint density at radius 3 is 1.67 bits per heavy atom. The van der Waals surface area contributed by atoms with Gasteiger partial charge in [-0.3, -0.25) is 4.79 Å². The van der Waals surface area contributed by atoms with Gasteiger partial charge in [-0.2, -0.15) is 0 Å². The van der Waals surface area contributed by atoms with Crippen LogP contribution < -0.4 is 0 Å². The molecule has 0 aliphatic carbocycles. The van der Waals surface area contributed by atoms with Gasteiger partial charge in [0, 0.05) is 13.0 Å². The van der Waals surface area contributed by atoms with Gasteiger partial charge in [-0.05, 0) is 35.4 Å². The highest BCUT2D eigenvalue weighted by Crippen LogP contribution is 2.42. The van der Waals surface area contributed by atoms with Gasteiger partial charge >= 0.3 is 5.97 Å². The van der Waals surface area contributed by atoms with Crippen LogP contribution in [0, 0.1) is 5.92 Å². The molecule has 0 spiro atoms. The Labute approximate surface area is 189 Å². The fraction of sp³-hybridized carbons (Fsp3) is 0.885. The third-order valence-corrected chi connectivity index (χ3v) is 12.3. The van der Waals surface area contributed by atoms with Crippen molar-refractivity contribution in [2.24, 2.45) is 5.92 Å². The highest BCUT2D eigenvalue weighted by atomic mass is 28.4. The number of carbonyl (C=O) groups excluding carboxylic acids is 1. The van der Waals surface area contributed by atoms with E-state index in [9.17, 15) is 4.79 Å². The normalized spacial score (nSPS) is 12.8. The molecule has 30 heavy (non-hydrogen) atoms. The zero-order valence-electron chi connectivity index (χ0n) is 21.5. The highest BCUT2D eigenvalue weighted by molar-refractivity contribution is 6.77. The number of rotatable bonds is 18. The summed E-state index contributed by atoms with van der Waals surface area (Å²) in [4.78, 5) is 11.7. The van der Waals surface area contributed by atoms with E-state index in [1.165, 1.54) is 38.5 Å². The van der Waals surface area contributed by atoms with Crippen molar-refractivity contribution in [1.29, 1.82) is 0 Å². The largest absolute Gasteiger partial charge is 0.461 e. The van der Waals surface area contributed by atoms with Crippen molar-refractivity contribution >= 4 is 14.3 Å². The van der Waals surface area contributed by atoms with Crippen LogP contribution in [0.15, 0.2) is 12.2 Å². The Balaban J connectivity index is 3.69. The molecule has 0 atom stereocenters. The van der Waals surface area contributed by atoms with Gasteiger partial charge in [0.05, 0.1) is 0 Å². The lowest BCUT2D eigenvalue weighted by molar-refractivity contribution is -0.142. The van der Waals surface area contributed by atoms with Gasteiger partial charge in [-0.25, -0.2) is 0 Å². The summed E-state index contributed by atoms with van der Waals surface area (Å²) in [6, 6.07) is 0. The van der Waals surface area contributed by atoms with Gasteiger partial charge in [0.15, 0.2) is 8.32 Å². The Hall–Kier alpha value is -0.613. The molecule has 4 heteroatoms. The van der Waals surface area contributed by atoms with Crippen molar-refractivity contribution in [3.8, 4) is 0 Å². The fourth-order valence-electron chi connectivity index (χ4n) is 4.72. The SMILES string of the molecule is CC(C)/C=C/COC(=O)CCCCCCCCCCO[Si](C(C)C)(C(C)C)C(C)C. The summed E-state index contributed by atoms with van der Waals surface area (Å²) in [5.41, 5.74) is 2.02. The van der Waals surface area contributed by atoms with E-state index in [0.717, 1.165) is 19.4 Å². The van der Waals surface area contributed by atoms with Crippen molar-refractivity contribution in [2.45, 2.75) is 130 Å². The molecular weight excluding hydrogens is 388 g/mol. The minimum atomic E-state index is -1.68. The van der Waals surface area contributed by atoms with Crippen molar-refractivity contribution in [3.05, 3.63) is 12.2 Å². The molecule has 0 saturated heterocycles. The van der Waals surface area contributed by atoms with Crippen LogP contribution in [0.2, 0.25) is 16.6 Å². The summed E-state index contributed by atoms with van der Waals surface area (Å²) in [7, 11) is -1.68. The first-order chi connectivity index (χ1) is 14.1. The molecule has 0 radical (unpaired) electrons. The Kier molecular flexibility index (Phi) is 16.7. The number of carbonyl (C=O) groups is 1. The third-order valence-electron chi connectivity index (χ3n) is 6.20. The van der Waals surface area contributed by atoms with Gasteiger partial charge < -0.3 is 9.16 Å². The van der Waals surface area contributed by atoms with E-state index in [-0.39, 0.29) is 5.97 Å². The summed E-state index contributed by atoms with van der Waals surface area (Å²) in [6.07, 6.45) is 14.2. The number of ether oxygens (including phenoxy) is 1. The number of hydrogen-bond acceptors (Lipinski definition) is 3. The maximum atomic E-state index is 11.7. The van der Waals surface area contributed by atoms with E-state index in [2.05, 4.69) is 61.5 Å². The van der Waals surface area contributed by atoms with Crippen molar-refractivity contribution in [3.63, 3.8) is 0 Å². The van der Waals surface area contributed by atoms with E-state index < -0.39 is 8.32 Å². The van der Waals surface area contributed by atoms with E-state index in [1.54, 1.807) is 0 Å². The molecule has 0 saturated carbocycles. The van der Waals surface area contributed by atoms with E-state index >= 15 is 0 Å². The second kappa shape index (κ2) is 17.0. The predicted octanol–water partition coefficient (Wildman–Crippen LogP) is 8.44. The van der Waals surface area contributed by atoms with Gasteiger partial charge in [-0.15, -0.1) is 0 Å². The minimum absolute atomic E-state index is 0.0628.